The molecule has 2 heterocycles. The third-order valence-corrected chi connectivity index (χ3v) is 4.46. The summed E-state index contributed by atoms with van der Waals surface area (Å²) in [4.78, 5) is 10.7. The molecule has 140 valence electrons. The molecule has 0 saturated heterocycles. The molecule has 0 aliphatic heterocycles. The van der Waals surface area contributed by atoms with Crippen molar-refractivity contribution in [3.05, 3.63) is 70.9 Å². The first-order valence-corrected chi connectivity index (χ1v) is 8.43. The van der Waals surface area contributed by atoms with Crippen molar-refractivity contribution in [1.82, 2.24) is 14.6 Å². The van der Waals surface area contributed by atoms with Crippen LogP contribution in [-0.4, -0.2) is 33.7 Å². The molecule has 0 fully saturated rings. The maximum Gasteiger partial charge on any atom is 0.310 e. The fourth-order valence-electron chi connectivity index (χ4n) is 3.08. The molecule has 0 radical (unpaired) electrons. The van der Waals surface area contributed by atoms with Gasteiger partial charge in [-0.25, -0.2) is 0 Å². The molecule has 8 nitrogen and oxygen atoms in total. The van der Waals surface area contributed by atoms with Crippen LogP contribution in [-0.2, 0) is 0 Å². The number of fused-ring (bicyclic) bond motifs is 1. The van der Waals surface area contributed by atoms with E-state index in [1.165, 1.54) is 13.2 Å². The molecule has 0 amide bonds. The predicted octanol–water partition coefficient (Wildman–Crippen LogP) is 3.99. The third-order valence-electron chi connectivity index (χ3n) is 4.46. The highest BCUT2D eigenvalue weighted by Gasteiger charge is 2.17. The molecular weight excluding hydrogens is 360 g/mol. The lowest BCUT2D eigenvalue weighted by Crippen LogP contribution is -1.95. The van der Waals surface area contributed by atoms with Gasteiger partial charge in [0.05, 0.1) is 24.7 Å². The summed E-state index contributed by atoms with van der Waals surface area (Å²) in [7, 11) is 3.02. The summed E-state index contributed by atoms with van der Waals surface area (Å²) in [6.45, 7) is 0. The molecule has 2 aromatic heterocycles. The van der Waals surface area contributed by atoms with Crippen LogP contribution >= 0.6 is 0 Å². The SMILES string of the molecule is COc1ccccc1-c1nnc2ccc(-c3ccc([N+](=O)[O-])c(OC)c3)cn12. The average molecular weight is 376 g/mol. The first-order valence-electron chi connectivity index (χ1n) is 8.43. The highest BCUT2D eigenvalue weighted by molar-refractivity contribution is 5.72. The molecule has 0 aliphatic carbocycles. The molecule has 4 aromatic rings. The van der Waals surface area contributed by atoms with E-state index in [1.54, 1.807) is 19.2 Å². The van der Waals surface area contributed by atoms with Gasteiger partial charge < -0.3 is 9.47 Å². The van der Waals surface area contributed by atoms with E-state index < -0.39 is 4.92 Å². The van der Waals surface area contributed by atoms with Crippen molar-refractivity contribution in [2.45, 2.75) is 0 Å². The second-order valence-corrected chi connectivity index (χ2v) is 6.01. The van der Waals surface area contributed by atoms with Gasteiger partial charge in [0.25, 0.3) is 0 Å². The monoisotopic (exact) mass is 376 g/mol. The van der Waals surface area contributed by atoms with Crippen molar-refractivity contribution in [3.63, 3.8) is 0 Å². The second kappa shape index (κ2) is 6.99. The lowest BCUT2D eigenvalue weighted by atomic mass is 10.1. The number of nitrogens with zero attached hydrogens (tertiary/aromatic N) is 4. The van der Waals surface area contributed by atoms with Crippen LogP contribution in [0.5, 0.6) is 11.5 Å². The van der Waals surface area contributed by atoms with Crippen LogP contribution in [0.25, 0.3) is 28.2 Å². The van der Waals surface area contributed by atoms with E-state index in [0.29, 0.717) is 17.2 Å². The van der Waals surface area contributed by atoms with E-state index in [9.17, 15) is 10.1 Å². The second-order valence-electron chi connectivity index (χ2n) is 6.01. The zero-order valence-corrected chi connectivity index (χ0v) is 15.2. The number of nitro benzene ring substituents is 1. The van der Waals surface area contributed by atoms with Crippen LogP contribution in [0.3, 0.4) is 0 Å². The Hall–Kier alpha value is -3.94. The molecule has 0 unspecified atom stereocenters. The zero-order valence-electron chi connectivity index (χ0n) is 15.2. The minimum Gasteiger partial charge on any atom is -0.496 e. The maximum absolute atomic E-state index is 11.1. The zero-order chi connectivity index (χ0) is 19.7. The number of hydrogen-bond acceptors (Lipinski definition) is 6. The van der Waals surface area contributed by atoms with Gasteiger partial charge >= 0.3 is 5.69 Å². The Morgan fingerprint density at radius 1 is 0.929 bits per heavy atom. The van der Waals surface area contributed by atoms with Gasteiger partial charge in [-0.3, -0.25) is 14.5 Å². The van der Waals surface area contributed by atoms with E-state index in [2.05, 4.69) is 10.2 Å². The number of ether oxygens (including phenoxy) is 2. The summed E-state index contributed by atoms with van der Waals surface area (Å²) >= 11 is 0. The van der Waals surface area contributed by atoms with Gasteiger partial charge in [0, 0.05) is 12.3 Å². The third kappa shape index (κ3) is 2.90. The van der Waals surface area contributed by atoms with Crippen molar-refractivity contribution in [2.24, 2.45) is 0 Å². The van der Waals surface area contributed by atoms with Gasteiger partial charge in [0.15, 0.2) is 17.2 Å². The first kappa shape index (κ1) is 17.5. The van der Waals surface area contributed by atoms with Crippen molar-refractivity contribution in [3.8, 4) is 34.0 Å². The number of methoxy groups -OCH3 is 2. The first-order chi connectivity index (χ1) is 13.6. The van der Waals surface area contributed by atoms with Crippen LogP contribution in [0.15, 0.2) is 60.8 Å². The molecule has 0 aliphatic rings. The summed E-state index contributed by atoms with van der Waals surface area (Å²) in [6.07, 6.45) is 1.89. The molecule has 0 saturated carbocycles. The number of aromatic nitrogens is 3. The number of benzene rings is 2. The normalized spacial score (nSPS) is 10.8. The van der Waals surface area contributed by atoms with E-state index in [0.717, 1.165) is 16.7 Å². The molecule has 0 bridgehead atoms. The standard InChI is InChI=1S/C20H16N4O4/c1-27-17-6-4-3-5-15(17)20-22-21-19-10-8-14(12-23(19)20)13-7-9-16(24(25)26)18(11-13)28-2/h3-12H,1-2H3. The van der Waals surface area contributed by atoms with E-state index in [4.69, 9.17) is 9.47 Å². The van der Waals surface area contributed by atoms with Crippen molar-refractivity contribution >= 4 is 11.3 Å². The smallest absolute Gasteiger partial charge is 0.310 e. The number of hydrogen-bond donors (Lipinski definition) is 0. The van der Waals surface area contributed by atoms with Crippen LogP contribution in [0.4, 0.5) is 5.69 Å². The van der Waals surface area contributed by atoms with Gasteiger partial charge in [0.2, 0.25) is 0 Å². The fraction of sp³-hybridized carbons (Fsp3) is 0.100. The van der Waals surface area contributed by atoms with Crippen LogP contribution in [0.2, 0.25) is 0 Å². The Morgan fingerprint density at radius 2 is 1.68 bits per heavy atom. The summed E-state index contributed by atoms with van der Waals surface area (Å²) in [5.41, 5.74) is 3.04. The van der Waals surface area contributed by atoms with E-state index in [-0.39, 0.29) is 11.4 Å². The van der Waals surface area contributed by atoms with Gasteiger partial charge in [-0.2, -0.15) is 0 Å². The molecule has 0 atom stereocenters. The molecule has 4 rings (SSSR count). The van der Waals surface area contributed by atoms with Gasteiger partial charge in [-0.1, -0.05) is 12.1 Å². The highest BCUT2D eigenvalue weighted by atomic mass is 16.6. The minimum atomic E-state index is -0.467. The number of para-hydroxylation sites is 1. The van der Waals surface area contributed by atoms with E-state index >= 15 is 0 Å². The van der Waals surface area contributed by atoms with Crippen molar-refractivity contribution in [2.75, 3.05) is 14.2 Å². The molecular formula is C20H16N4O4. The summed E-state index contributed by atoms with van der Waals surface area (Å²) < 4.78 is 12.5. The largest absolute Gasteiger partial charge is 0.496 e. The minimum absolute atomic E-state index is 0.0775. The topological polar surface area (TPSA) is 91.8 Å². The Balaban J connectivity index is 1.86. The summed E-state index contributed by atoms with van der Waals surface area (Å²) in [5.74, 6) is 1.54. The van der Waals surface area contributed by atoms with Crippen molar-refractivity contribution in [1.29, 1.82) is 0 Å². The predicted molar refractivity (Wildman–Crippen MR) is 104 cm³/mol. The maximum atomic E-state index is 11.1. The molecule has 8 heteroatoms. The van der Waals surface area contributed by atoms with Crippen LogP contribution in [0, 0.1) is 10.1 Å². The Bertz CT molecular complexity index is 1190. The Kier molecular flexibility index (Phi) is 4.36. The van der Waals surface area contributed by atoms with E-state index in [1.807, 2.05) is 47.0 Å². The lowest BCUT2D eigenvalue weighted by Gasteiger charge is -2.09. The van der Waals surface area contributed by atoms with Gasteiger partial charge in [-0.15, -0.1) is 10.2 Å². The van der Waals surface area contributed by atoms with Crippen LogP contribution in [0.1, 0.15) is 0 Å². The Morgan fingerprint density at radius 3 is 2.43 bits per heavy atom. The molecule has 28 heavy (non-hydrogen) atoms. The number of pyridine rings is 1. The molecule has 0 N–H and O–H groups in total. The summed E-state index contributed by atoms with van der Waals surface area (Å²) in [6, 6.07) is 16.1. The van der Waals surface area contributed by atoms with Gasteiger partial charge in [-0.05, 0) is 47.5 Å². The van der Waals surface area contributed by atoms with Crippen LogP contribution < -0.4 is 9.47 Å². The quantitative estimate of drug-likeness (QED) is 0.386. The average Bonchev–Trinajstić information content (AvgIpc) is 3.16. The molecule has 2 aromatic carbocycles. The van der Waals surface area contributed by atoms with Gasteiger partial charge in [0.1, 0.15) is 5.75 Å². The van der Waals surface area contributed by atoms with Crippen molar-refractivity contribution < 1.29 is 14.4 Å². The number of rotatable bonds is 5. The Labute approximate surface area is 160 Å². The number of nitro groups is 1. The molecule has 0 spiro atoms. The highest BCUT2D eigenvalue weighted by Crippen LogP contribution is 2.33. The lowest BCUT2D eigenvalue weighted by molar-refractivity contribution is -0.385. The summed E-state index contributed by atoms with van der Waals surface area (Å²) in [5, 5.41) is 19.6. The fourth-order valence-corrected chi connectivity index (χ4v) is 3.08.